The lowest BCUT2D eigenvalue weighted by molar-refractivity contribution is 0.105. The number of hydrogen-bond acceptors (Lipinski definition) is 5. The molecule has 1 aliphatic rings. The minimum Gasteiger partial charge on any atom is -0.379 e. The van der Waals surface area contributed by atoms with Gasteiger partial charge in [0.1, 0.15) is 5.82 Å². The fraction of sp³-hybridized carbons (Fsp3) is 0.462. The molecule has 2 unspecified atom stereocenters. The van der Waals surface area contributed by atoms with Crippen LogP contribution in [0.4, 0.5) is 14.6 Å². The molecule has 9 heteroatoms. The van der Waals surface area contributed by atoms with Crippen molar-refractivity contribution in [2.24, 2.45) is 5.92 Å². The van der Waals surface area contributed by atoms with Crippen LogP contribution in [0.5, 0.6) is 0 Å². The van der Waals surface area contributed by atoms with Gasteiger partial charge < -0.3 is 14.6 Å². The van der Waals surface area contributed by atoms with Gasteiger partial charge in [0.05, 0.1) is 24.1 Å². The number of rotatable bonds is 1. The molecular weight excluding hydrogens is 318 g/mol. The highest BCUT2D eigenvalue weighted by molar-refractivity contribution is 6.30. The van der Waals surface area contributed by atoms with Gasteiger partial charge in [0.2, 0.25) is 0 Å². The van der Waals surface area contributed by atoms with Crippen LogP contribution >= 0.6 is 11.6 Å². The number of alkyl halides is 1. The van der Waals surface area contributed by atoms with E-state index in [4.69, 9.17) is 16.3 Å². The fourth-order valence-electron chi connectivity index (χ4n) is 2.43. The highest BCUT2D eigenvalue weighted by atomic mass is 35.5. The van der Waals surface area contributed by atoms with E-state index >= 15 is 0 Å². The zero-order valence-corrected chi connectivity index (χ0v) is 12.4. The monoisotopic (exact) mass is 330 g/mol. The van der Waals surface area contributed by atoms with Crippen molar-refractivity contribution in [1.29, 1.82) is 0 Å². The Kier molecular flexibility index (Phi) is 3.96. The predicted molar refractivity (Wildman–Crippen MR) is 77.4 cm³/mol. The molecule has 3 heterocycles. The lowest BCUT2D eigenvalue weighted by atomic mass is 10.1. The summed E-state index contributed by atoms with van der Waals surface area (Å²) in [6.45, 7) is 2.43. The number of aromatic amines is 1. The summed E-state index contributed by atoms with van der Waals surface area (Å²) in [7, 11) is 0. The van der Waals surface area contributed by atoms with Crippen molar-refractivity contribution >= 4 is 28.3 Å². The molecule has 1 saturated heterocycles. The number of H-pyrrole nitrogens is 1. The summed E-state index contributed by atoms with van der Waals surface area (Å²) >= 11 is 5.62. The predicted octanol–water partition coefficient (Wildman–Crippen LogP) is 1.88. The zero-order chi connectivity index (χ0) is 15.9. The van der Waals surface area contributed by atoms with Crippen LogP contribution in [-0.4, -0.2) is 41.0 Å². The van der Waals surface area contributed by atoms with Gasteiger partial charge in [-0.3, -0.25) is 0 Å². The number of fused-ring (bicyclic) bond motifs is 1. The zero-order valence-electron chi connectivity index (χ0n) is 11.6. The van der Waals surface area contributed by atoms with Gasteiger partial charge in [-0.05, 0) is 0 Å². The van der Waals surface area contributed by atoms with Gasteiger partial charge in [-0.1, -0.05) is 18.5 Å². The third-order valence-corrected chi connectivity index (χ3v) is 3.82. The summed E-state index contributed by atoms with van der Waals surface area (Å²) < 4.78 is 33.9. The average Bonchev–Trinajstić information content (AvgIpc) is 2.65. The quantitative estimate of drug-likeness (QED) is 0.638. The third-order valence-electron chi connectivity index (χ3n) is 3.55. The van der Waals surface area contributed by atoms with Crippen LogP contribution in [-0.2, 0) is 4.74 Å². The molecule has 0 bridgehead atoms. The van der Waals surface area contributed by atoms with Crippen molar-refractivity contribution in [2.45, 2.75) is 13.2 Å². The number of aromatic nitrogens is 3. The maximum Gasteiger partial charge on any atom is 0.347 e. The van der Waals surface area contributed by atoms with Crippen molar-refractivity contribution in [1.82, 2.24) is 15.0 Å². The van der Waals surface area contributed by atoms with E-state index in [0.717, 1.165) is 0 Å². The summed E-state index contributed by atoms with van der Waals surface area (Å²) in [4.78, 5) is 22.8. The summed E-state index contributed by atoms with van der Waals surface area (Å²) in [6, 6.07) is 0. The topological polar surface area (TPSA) is 71.1 Å². The number of halogens is 3. The molecule has 2 aromatic rings. The van der Waals surface area contributed by atoms with E-state index in [0.29, 0.717) is 0 Å². The van der Waals surface area contributed by atoms with Gasteiger partial charge in [0.25, 0.3) is 0 Å². The first-order valence-electron chi connectivity index (χ1n) is 6.71. The van der Waals surface area contributed by atoms with Gasteiger partial charge in [0, 0.05) is 18.7 Å². The molecule has 0 aliphatic carbocycles. The Balaban J connectivity index is 2.21. The standard InChI is InChI=1S/C13H13ClF2N4O2/c1-6-5-22-3-2-20(11(6)16)12-7-4-17-10(14)8(15)9(7)18-13(21)19-12/h4,6,11H,2-3,5H2,1H3,(H,18,19,21). The van der Waals surface area contributed by atoms with E-state index in [-0.39, 0.29) is 41.6 Å². The van der Waals surface area contributed by atoms with Crippen molar-refractivity contribution in [2.75, 3.05) is 24.7 Å². The maximum absolute atomic E-state index is 14.6. The molecule has 0 spiro atoms. The molecule has 22 heavy (non-hydrogen) atoms. The van der Waals surface area contributed by atoms with E-state index < -0.39 is 23.7 Å². The summed E-state index contributed by atoms with van der Waals surface area (Å²) in [5.41, 5.74) is -0.922. The number of hydrogen-bond donors (Lipinski definition) is 1. The molecule has 0 amide bonds. The second kappa shape index (κ2) is 5.77. The van der Waals surface area contributed by atoms with Gasteiger partial charge in [-0.25, -0.2) is 18.6 Å². The minimum absolute atomic E-state index is 0.0340. The van der Waals surface area contributed by atoms with Crippen LogP contribution in [0.2, 0.25) is 5.15 Å². The van der Waals surface area contributed by atoms with Crippen molar-refractivity contribution in [3.8, 4) is 0 Å². The van der Waals surface area contributed by atoms with E-state index in [1.54, 1.807) is 6.92 Å². The molecule has 0 radical (unpaired) electrons. The first kappa shape index (κ1) is 15.1. The van der Waals surface area contributed by atoms with Crippen LogP contribution in [0.25, 0.3) is 10.9 Å². The first-order chi connectivity index (χ1) is 10.5. The second-order valence-corrected chi connectivity index (χ2v) is 5.49. The van der Waals surface area contributed by atoms with E-state index in [9.17, 15) is 13.6 Å². The van der Waals surface area contributed by atoms with Crippen molar-refractivity contribution in [3.05, 3.63) is 27.7 Å². The normalized spacial score (nSPS) is 22.8. The number of nitrogens with zero attached hydrogens (tertiary/aromatic N) is 3. The van der Waals surface area contributed by atoms with Crippen LogP contribution in [0.15, 0.2) is 11.0 Å². The molecule has 0 saturated carbocycles. The van der Waals surface area contributed by atoms with E-state index in [2.05, 4.69) is 15.0 Å². The van der Waals surface area contributed by atoms with Gasteiger partial charge in [0.15, 0.2) is 17.3 Å². The highest BCUT2D eigenvalue weighted by Gasteiger charge is 2.30. The van der Waals surface area contributed by atoms with E-state index in [1.807, 2.05) is 0 Å². The number of nitrogens with one attached hydrogen (secondary N) is 1. The molecule has 0 aromatic carbocycles. The maximum atomic E-state index is 14.6. The van der Waals surface area contributed by atoms with Gasteiger partial charge >= 0.3 is 5.69 Å². The molecule has 118 valence electrons. The SMILES string of the molecule is CC1COCCN(c2nc(=O)[nH]c3c(F)c(Cl)ncc23)C1F. The first-order valence-corrected chi connectivity index (χ1v) is 7.09. The van der Waals surface area contributed by atoms with Gasteiger partial charge in [-0.15, -0.1) is 0 Å². The Morgan fingerprint density at radius 2 is 2.32 bits per heavy atom. The molecule has 6 nitrogen and oxygen atoms in total. The average molecular weight is 331 g/mol. The van der Waals surface area contributed by atoms with Crippen LogP contribution < -0.4 is 10.6 Å². The minimum atomic E-state index is -1.40. The van der Waals surface area contributed by atoms with E-state index in [1.165, 1.54) is 11.1 Å². The molecule has 2 aromatic heterocycles. The lowest BCUT2D eigenvalue weighted by Gasteiger charge is -2.28. The van der Waals surface area contributed by atoms with Gasteiger partial charge in [-0.2, -0.15) is 4.98 Å². The summed E-state index contributed by atoms with van der Waals surface area (Å²) in [5, 5.41) is -0.178. The Morgan fingerprint density at radius 1 is 1.55 bits per heavy atom. The van der Waals surface area contributed by atoms with Crippen molar-refractivity contribution < 1.29 is 13.5 Å². The molecule has 2 atom stereocenters. The largest absolute Gasteiger partial charge is 0.379 e. The number of anilines is 1. The Morgan fingerprint density at radius 3 is 3.09 bits per heavy atom. The third kappa shape index (κ3) is 2.52. The van der Waals surface area contributed by atoms with Crippen molar-refractivity contribution in [3.63, 3.8) is 0 Å². The molecular formula is C13H13ClF2N4O2. The Bertz CT molecular complexity index is 770. The Hall–Kier alpha value is -1.80. The fourth-order valence-corrected chi connectivity index (χ4v) is 2.57. The molecule has 1 fully saturated rings. The number of ether oxygens (including phenoxy) is 1. The lowest BCUT2D eigenvalue weighted by Crippen LogP contribution is -2.38. The molecule has 1 aliphatic heterocycles. The van der Waals surface area contributed by atoms with Crippen LogP contribution in [0.3, 0.4) is 0 Å². The second-order valence-electron chi connectivity index (χ2n) is 5.14. The summed E-state index contributed by atoms with van der Waals surface area (Å²) in [6.07, 6.45) is -0.138. The number of pyridine rings is 1. The Labute approximate surface area is 129 Å². The smallest absolute Gasteiger partial charge is 0.347 e. The van der Waals surface area contributed by atoms with Crippen LogP contribution in [0.1, 0.15) is 6.92 Å². The highest BCUT2D eigenvalue weighted by Crippen LogP contribution is 2.29. The van der Waals surface area contributed by atoms with Crippen LogP contribution in [0, 0.1) is 11.7 Å². The molecule has 3 rings (SSSR count). The summed E-state index contributed by atoms with van der Waals surface area (Å²) in [5.74, 6) is -1.25. The molecule has 1 N–H and O–H groups in total.